The number of carbonyl (C=O) groups is 2. The van der Waals surface area contributed by atoms with Gasteiger partial charge in [-0.1, -0.05) is 12.2 Å². The van der Waals surface area contributed by atoms with Gasteiger partial charge in [-0.25, -0.2) is 9.59 Å². The second-order valence-corrected chi connectivity index (χ2v) is 2.89. The van der Waals surface area contributed by atoms with Crippen LogP contribution < -0.4 is 0 Å². The molecule has 0 spiro atoms. The van der Waals surface area contributed by atoms with Gasteiger partial charge in [0, 0.05) is 12.2 Å². The molecule has 0 atom stereocenters. The summed E-state index contributed by atoms with van der Waals surface area (Å²) in [6.07, 6.45) is 7.59. The SMILES string of the molecule is CCOC(=O)C=CCCC=CC(=O)OCC. The molecule has 0 N–H and O–H groups in total. The van der Waals surface area contributed by atoms with Gasteiger partial charge in [-0.3, -0.25) is 0 Å². The minimum absolute atomic E-state index is 0.336. The van der Waals surface area contributed by atoms with E-state index in [1.807, 2.05) is 0 Å². The summed E-state index contributed by atoms with van der Waals surface area (Å²) in [5.41, 5.74) is 0. The normalized spacial score (nSPS) is 10.9. The van der Waals surface area contributed by atoms with E-state index in [9.17, 15) is 9.59 Å². The predicted molar refractivity (Wildman–Crippen MR) is 60.8 cm³/mol. The summed E-state index contributed by atoms with van der Waals surface area (Å²) in [4.78, 5) is 21.7. The Balaban J connectivity index is 3.59. The monoisotopic (exact) mass is 226 g/mol. The van der Waals surface area contributed by atoms with E-state index in [2.05, 4.69) is 0 Å². The average Bonchev–Trinajstić information content (AvgIpc) is 2.24. The number of rotatable bonds is 7. The third-order valence-electron chi connectivity index (χ3n) is 1.58. The van der Waals surface area contributed by atoms with Crippen LogP contribution in [0.25, 0.3) is 0 Å². The van der Waals surface area contributed by atoms with E-state index in [4.69, 9.17) is 9.47 Å². The minimum Gasteiger partial charge on any atom is -0.463 e. The lowest BCUT2D eigenvalue weighted by atomic mass is 10.2. The first-order chi connectivity index (χ1) is 7.70. The third-order valence-corrected chi connectivity index (χ3v) is 1.58. The van der Waals surface area contributed by atoms with Crippen molar-refractivity contribution in [3.8, 4) is 0 Å². The quantitative estimate of drug-likeness (QED) is 0.378. The molecule has 0 aromatic heterocycles. The lowest BCUT2D eigenvalue weighted by Crippen LogP contribution is -1.99. The van der Waals surface area contributed by atoms with E-state index in [-0.39, 0.29) is 11.9 Å². The maximum absolute atomic E-state index is 10.9. The number of allylic oxidation sites excluding steroid dienone is 2. The van der Waals surface area contributed by atoms with Crippen molar-refractivity contribution in [2.45, 2.75) is 26.7 Å². The standard InChI is InChI=1S/C12H18O4/c1-3-15-11(13)9-7-5-6-8-10-12(14)16-4-2/h7-10H,3-6H2,1-2H3. The smallest absolute Gasteiger partial charge is 0.330 e. The molecule has 0 saturated heterocycles. The molecule has 16 heavy (non-hydrogen) atoms. The Bertz CT molecular complexity index is 238. The largest absolute Gasteiger partial charge is 0.463 e. The molecule has 0 aromatic rings. The van der Waals surface area contributed by atoms with Gasteiger partial charge in [-0.05, 0) is 26.7 Å². The number of hydrogen-bond donors (Lipinski definition) is 0. The van der Waals surface area contributed by atoms with Crippen LogP contribution in [0.15, 0.2) is 24.3 Å². The third kappa shape index (κ3) is 8.99. The molecule has 0 aliphatic heterocycles. The summed E-state index contributed by atoms with van der Waals surface area (Å²) < 4.78 is 9.40. The highest BCUT2D eigenvalue weighted by atomic mass is 16.5. The van der Waals surface area contributed by atoms with Crippen LogP contribution in [0.1, 0.15) is 26.7 Å². The highest BCUT2D eigenvalue weighted by Gasteiger charge is 1.93. The zero-order valence-corrected chi connectivity index (χ0v) is 9.77. The van der Waals surface area contributed by atoms with Crippen molar-refractivity contribution in [2.75, 3.05) is 13.2 Å². The minimum atomic E-state index is -0.336. The van der Waals surface area contributed by atoms with Gasteiger partial charge in [0.1, 0.15) is 0 Å². The van der Waals surface area contributed by atoms with E-state index < -0.39 is 0 Å². The van der Waals surface area contributed by atoms with Gasteiger partial charge >= 0.3 is 11.9 Å². The Labute approximate surface area is 95.9 Å². The van der Waals surface area contributed by atoms with Crippen LogP contribution in [0.3, 0.4) is 0 Å². The van der Waals surface area contributed by atoms with Gasteiger partial charge in [0.25, 0.3) is 0 Å². The van der Waals surface area contributed by atoms with Gasteiger partial charge in [-0.15, -0.1) is 0 Å². The Morgan fingerprint density at radius 2 is 1.25 bits per heavy atom. The molecule has 0 saturated carbocycles. The van der Waals surface area contributed by atoms with Crippen molar-refractivity contribution in [1.29, 1.82) is 0 Å². The van der Waals surface area contributed by atoms with Gasteiger partial charge in [-0.2, -0.15) is 0 Å². The van der Waals surface area contributed by atoms with Crippen LogP contribution in [0.5, 0.6) is 0 Å². The molecule has 0 fully saturated rings. The molecule has 90 valence electrons. The Kier molecular flexibility index (Phi) is 8.97. The molecule has 0 radical (unpaired) electrons. The topological polar surface area (TPSA) is 52.6 Å². The van der Waals surface area contributed by atoms with E-state index in [1.165, 1.54) is 12.2 Å². The van der Waals surface area contributed by atoms with Crippen molar-refractivity contribution in [3.63, 3.8) is 0 Å². The van der Waals surface area contributed by atoms with Crippen LogP contribution >= 0.6 is 0 Å². The molecule has 0 amide bonds. The van der Waals surface area contributed by atoms with Crippen molar-refractivity contribution >= 4 is 11.9 Å². The highest BCUT2D eigenvalue weighted by molar-refractivity contribution is 5.82. The number of esters is 2. The van der Waals surface area contributed by atoms with Crippen LogP contribution in [0, 0.1) is 0 Å². The summed E-state index contributed by atoms with van der Waals surface area (Å²) in [6.45, 7) is 4.28. The fraction of sp³-hybridized carbons (Fsp3) is 0.500. The van der Waals surface area contributed by atoms with Crippen LogP contribution in [0.4, 0.5) is 0 Å². The van der Waals surface area contributed by atoms with Crippen molar-refractivity contribution in [1.82, 2.24) is 0 Å². The lowest BCUT2D eigenvalue weighted by molar-refractivity contribution is -0.138. The molecule has 0 aromatic carbocycles. The summed E-state index contributed by atoms with van der Waals surface area (Å²) in [6, 6.07) is 0. The number of unbranched alkanes of at least 4 members (excludes halogenated alkanes) is 1. The number of ether oxygens (including phenoxy) is 2. The first kappa shape index (κ1) is 14.4. The zero-order valence-electron chi connectivity index (χ0n) is 9.77. The molecule has 0 aliphatic rings. The van der Waals surface area contributed by atoms with Crippen LogP contribution in [-0.4, -0.2) is 25.2 Å². The zero-order chi connectivity index (χ0) is 12.2. The van der Waals surface area contributed by atoms with Gasteiger partial charge in [0.2, 0.25) is 0 Å². The molecular weight excluding hydrogens is 208 g/mol. The Hall–Kier alpha value is -1.58. The molecular formula is C12H18O4. The highest BCUT2D eigenvalue weighted by Crippen LogP contribution is 1.94. The van der Waals surface area contributed by atoms with Gasteiger partial charge < -0.3 is 9.47 Å². The predicted octanol–water partition coefficient (Wildman–Crippen LogP) is 2.01. The molecule has 4 heteroatoms. The summed E-state index contributed by atoms with van der Waals surface area (Å²) in [7, 11) is 0. The maximum atomic E-state index is 10.9. The van der Waals surface area contributed by atoms with Crippen molar-refractivity contribution in [3.05, 3.63) is 24.3 Å². The van der Waals surface area contributed by atoms with Gasteiger partial charge in [0.05, 0.1) is 13.2 Å². The summed E-state index contributed by atoms with van der Waals surface area (Å²) >= 11 is 0. The molecule has 4 nitrogen and oxygen atoms in total. The number of carbonyl (C=O) groups excluding carboxylic acids is 2. The van der Waals surface area contributed by atoms with E-state index in [0.29, 0.717) is 26.1 Å². The Morgan fingerprint density at radius 3 is 1.56 bits per heavy atom. The maximum Gasteiger partial charge on any atom is 0.330 e. The summed E-state index contributed by atoms with van der Waals surface area (Å²) in [5, 5.41) is 0. The molecule has 0 aliphatic carbocycles. The molecule has 0 rings (SSSR count). The fourth-order valence-corrected chi connectivity index (χ4v) is 0.932. The van der Waals surface area contributed by atoms with E-state index in [0.717, 1.165) is 0 Å². The number of hydrogen-bond acceptors (Lipinski definition) is 4. The van der Waals surface area contributed by atoms with Crippen molar-refractivity contribution in [2.24, 2.45) is 0 Å². The van der Waals surface area contributed by atoms with Crippen LogP contribution in [0.2, 0.25) is 0 Å². The molecule has 0 heterocycles. The van der Waals surface area contributed by atoms with Crippen molar-refractivity contribution < 1.29 is 19.1 Å². The Morgan fingerprint density at radius 1 is 0.875 bits per heavy atom. The first-order valence-corrected chi connectivity index (χ1v) is 5.37. The second-order valence-electron chi connectivity index (χ2n) is 2.89. The second kappa shape index (κ2) is 9.96. The fourth-order valence-electron chi connectivity index (χ4n) is 0.932. The van der Waals surface area contributed by atoms with Crippen LogP contribution in [-0.2, 0) is 19.1 Å². The van der Waals surface area contributed by atoms with E-state index >= 15 is 0 Å². The first-order valence-electron chi connectivity index (χ1n) is 5.37. The van der Waals surface area contributed by atoms with E-state index in [1.54, 1.807) is 26.0 Å². The summed E-state index contributed by atoms with van der Waals surface area (Å²) in [5.74, 6) is -0.672. The molecule has 0 bridgehead atoms. The average molecular weight is 226 g/mol. The lowest BCUT2D eigenvalue weighted by Gasteiger charge is -1.94. The molecule has 0 unspecified atom stereocenters. The van der Waals surface area contributed by atoms with Gasteiger partial charge in [0.15, 0.2) is 0 Å².